The van der Waals surface area contributed by atoms with Gasteiger partial charge in [0.1, 0.15) is 0 Å². The van der Waals surface area contributed by atoms with Crippen molar-refractivity contribution in [2.45, 2.75) is 51.2 Å². The molecule has 0 saturated carbocycles. The Hall–Kier alpha value is -2.07. The largest absolute Gasteiger partial charge is 0.494 e. The Bertz CT molecular complexity index is 843. The molecule has 27 heavy (non-hydrogen) atoms. The van der Waals surface area contributed by atoms with Crippen LogP contribution < -0.4 is 10.1 Å². The molecule has 0 spiro atoms. The van der Waals surface area contributed by atoms with E-state index in [0.29, 0.717) is 0 Å². The van der Waals surface area contributed by atoms with Gasteiger partial charge in [0.15, 0.2) is 11.6 Å². The minimum atomic E-state index is -0.320. The zero-order valence-electron chi connectivity index (χ0n) is 16.5. The molecule has 1 saturated heterocycles. The van der Waals surface area contributed by atoms with Crippen molar-refractivity contribution in [2.75, 3.05) is 19.0 Å². The molecule has 2 aromatic rings. The van der Waals surface area contributed by atoms with Gasteiger partial charge in [0, 0.05) is 23.8 Å². The second-order valence-corrected chi connectivity index (χ2v) is 8.67. The van der Waals surface area contributed by atoms with Crippen LogP contribution in [0.4, 0.5) is 10.1 Å². The third-order valence-corrected chi connectivity index (χ3v) is 5.87. The molecule has 3 nitrogen and oxygen atoms in total. The lowest BCUT2D eigenvalue weighted by atomic mass is 9.76. The molecular formula is C23H28FNO2. The van der Waals surface area contributed by atoms with Crippen LogP contribution in [0.2, 0.25) is 0 Å². The molecule has 2 aliphatic rings. The summed E-state index contributed by atoms with van der Waals surface area (Å²) in [5, 5.41) is 3.67. The maximum absolute atomic E-state index is 14.3. The zero-order chi connectivity index (χ0) is 19.2. The van der Waals surface area contributed by atoms with Crippen molar-refractivity contribution >= 4 is 5.69 Å². The molecule has 144 valence electrons. The van der Waals surface area contributed by atoms with Gasteiger partial charge in [0.2, 0.25) is 0 Å². The minimum Gasteiger partial charge on any atom is -0.494 e. The summed E-state index contributed by atoms with van der Waals surface area (Å²) in [7, 11) is 1.49. The third kappa shape index (κ3) is 3.31. The van der Waals surface area contributed by atoms with E-state index in [-0.39, 0.29) is 35.0 Å². The summed E-state index contributed by atoms with van der Waals surface area (Å²) < 4.78 is 25.6. The summed E-state index contributed by atoms with van der Waals surface area (Å²) in [5.74, 6) is 0.245. The number of rotatable bonds is 2. The van der Waals surface area contributed by atoms with Crippen LogP contribution in [0.15, 0.2) is 36.4 Å². The molecule has 0 aromatic heterocycles. The van der Waals surface area contributed by atoms with Crippen LogP contribution in [0.1, 0.15) is 62.4 Å². The van der Waals surface area contributed by atoms with Crippen LogP contribution in [-0.4, -0.2) is 13.7 Å². The SMILES string of the molecule is COc1ccc([C@@H]2Nc3ccc(C(C)(C)C)cc3[C@H]3OCCC[C@H]32)cc1F. The van der Waals surface area contributed by atoms with E-state index in [2.05, 4.69) is 44.3 Å². The van der Waals surface area contributed by atoms with Gasteiger partial charge < -0.3 is 14.8 Å². The van der Waals surface area contributed by atoms with Crippen molar-refractivity contribution < 1.29 is 13.9 Å². The summed E-state index contributed by atoms with van der Waals surface area (Å²) in [5.41, 5.74) is 4.67. The predicted molar refractivity (Wildman–Crippen MR) is 106 cm³/mol. The quantitative estimate of drug-likeness (QED) is 0.729. The minimum absolute atomic E-state index is 0.0312. The van der Waals surface area contributed by atoms with E-state index in [1.54, 1.807) is 12.1 Å². The molecule has 2 aromatic carbocycles. The van der Waals surface area contributed by atoms with Crippen LogP contribution >= 0.6 is 0 Å². The van der Waals surface area contributed by atoms with Gasteiger partial charge in [-0.3, -0.25) is 0 Å². The number of nitrogens with one attached hydrogen (secondary N) is 1. The Morgan fingerprint density at radius 1 is 1.15 bits per heavy atom. The first-order chi connectivity index (χ1) is 12.9. The van der Waals surface area contributed by atoms with Crippen molar-refractivity contribution in [1.82, 2.24) is 0 Å². The summed E-state index contributed by atoms with van der Waals surface area (Å²) in [4.78, 5) is 0. The molecule has 0 aliphatic carbocycles. The highest BCUT2D eigenvalue weighted by Crippen LogP contribution is 2.50. The standard InChI is InChI=1S/C23H28FNO2/c1-23(2,3)15-8-9-19-17(13-15)22-16(6-5-11-27-22)21(25-19)14-7-10-20(26-4)18(24)12-14/h7-10,12-13,16,21-22,25H,5-6,11H2,1-4H3/t16-,21-,22-/m0/s1. The molecule has 4 heteroatoms. The highest BCUT2D eigenvalue weighted by Gasteiger charge is 2.40. The van der Waals surface area contributed by atoms with Gasteiger partial charge in [-0.2, -0.15) is 0 Å². The van der Waals surface area contributed by atoms with Crippen LogP contribution in [0.5, 0.6) is 5.75 Å². The van der Waals surface area contributed by atoms with Gasteiger partial charge in [-0.15, -0.1) is 0 Å². The third-order valence-electron chi connectivity index (χ3n) is 5.87. The van der Waals surface area contributed by atoms with E-state index in [1.165, 1.54) is 18.2 Å². The smallest absolute Gasteiger partial charge is 0.165 e. The molecule has 2 heterocycles. The van der Waals surface area contributed by atoms with E-state index in [1.807, 2.05) is 6.07 Å². The van der Waals surface area contributed by atoms with Crippen molar-refractivity contribution in [3.8, 4) is 5.75 Å². The first kappa shape index (κ1) is 18.3. The lowest BCUT2D eigenvalue weighted by molar-refractivity contribution is -0.0382. The Labute approximate surface area is 160 Å². The van der Waals surface area contributed by atoms with E-state index < -0.39 is 0 Å². The van der Waals surface area contributed by atoms with Gasteiger partial charge >= 0.3 is 0 Å². The van der Waals surface area contributed by atoms with Gasteiger partial charge in [-0.05, 0) is 47.6 Å². The molecule has 1 fully saturated rings. The van der Waals surface area contributed by atoms with Crippen LogP contribution in [0.25, 0.3) is 0 Å². The van der Waals surface area contributed by atoms with Gasteiger partial charge in [0.05, 0.1) is 19.3 Å². The van der Waals surface area contributed by atoms with Crippen molar-refractivity contribution in [1.29, 1.82) is 0 Å². The number of halogens is 1. The first-order valence-corrected chi connectivity index (χ1v) is 9.74. The van der Waals surface area contributed by atoms with Gasteiger partial charge in [-0.25, -0.2) is 4.39 Å². The molecule has 2 aliphatic heterocycles. The molecule has 0 bridgehead atoms. The highest BCUT2D eigenvalue weighted by molar-refractivity contribution is 5.59. The monoisotopic (exact) mass is 369 g/mol. The fraction of sp³-hybridized carbons (Fsp3) is 0.478. The number of ether oxygens (including phenoxy) is 2. The average Bonchev–Trinajstić information content (AvgIpc) is 2.66. The first-order valence-electron chi connectivity index (χ1n) is 9.74. The Kier molecular flexibility index (Phi) is 4.63. The summed E-state index contributed by atoms with van der Waals surface area (Å²) in [6.07, 6.45) is 2.15. The molecule has 0 amide bonds. The summed E-state index contributed by atoms with van der Waals surface area (Å²) in [6, 6.07) is 11.9. The number of anilines is 1. The molecule has 0 unspecified atom stereocenters. The molecule has 4 rings (SSSR count). The maximum Gasteiger partial charge on any atom is 0.165 e. The van der Waals surface area contributed by atoms with Gasteiger partial charge in [0.25, 0.3) is 0 Å². The number of fused-ring (bicyclic) bond motifs is 3. The number of benzene rings is 2. The van der Waals surface area contributed by atoms with E-state index >= 15 is 0 Å². The van der Waals surface area contributed by atoms with E-state index in [0.717, 1.165) is 30.7 Å². The fourth-order valence-corrected chi connectivity index (χ4v) is 4.34. The Morgan fingerprint density at radius 2 is 1.96 bits per heavy atom. The molecular weight excluding hydrogens is 341 g/mol. The average molecular weight is 369 g/mol. The number of hydrogen-bond donors (Lipinski definition) is 1. The summed E-state index contributed by atoms with van der Waals surface area (Å²) in [6.45, 7) is 7.47. The van der Waals surface area contributed by atoms with Crippen molar-refractivity contribution in [3.05, 3.63) is 58.9 Å². The van der Waals surface area contributed by atoms with Crippen LogP contribution in [0.3, 0.4) is 0 Å². The molecule has 1 N–H and O–H groups in total. The normalized spacial score (nSPS) is 24.6. The lowest BCUT2D eigenvalue weighted by Crippen LogP contribution is -2.36. The van der Waals surface area contributed by atoms with Crippen LogP contribution in [0, 0.1) is 11.7 Å². The van der Waals surface area contributed by atoms with Crippen molar-refractivity contribution in [3.63, 3.8) is 0 Å². The molecule has 0 radical (unpaired) electrons. The number of methoxy groups -OCH3 is 1. The number of hydrogen-bond acceptors (Lipinski definition) is 3. The highest BCUT2D eigenvalue weighted by atomic mass is 19.1. The predicted octanol–water partition coefficient (Wildman–Crippen LogP) is 5.77. The second-order valence-electron chi connectivity index (χ2n) is 8.67. The molecule has 3 atom stereocenters. The maximum atomic E-state index is 14.3. The second kappa shape index (κ2) is 6.83. The van der Waals surface area contributed by atoms with Crippen molar-refractivity contribution in [2.24, 2.45) is 5.92 Å². The summed E-state index contributed by atoms with van der Waals surface area (Å²) >= 11 is 0. The van der Waals surface area contributed by atoms with Gasteiger partial charge in [-0.1, -0.05) is 39.0 Å². The lowest BCUT2D eigenvalue weighted by Gasteiger charge is -2.44. The van der Waals surface area contributed by atoms with E-state index in [9.17, 15) is 4.39 Å². The fourth-order valence-electron chi connectivity index (χ4n) is 4.34. The Morgan fingerprint density at radius 3 is 2.67 bits per heavy atom. The van der Waals surface area contributed by atoms with Crippen LogP contribution in [-0.2, 0) is 10.2 Å². The van der Waals surface area contributed by atoms with E-state index in [4.69, 9.17) is 9.47 Å². The topological polar surface area (TPSA) is 30.5 Å². The zero-order valence-corrected chi connectivity index (χ0v) is 16.5. The Balaban J connectivity index is 1.75.